The highest BCUT2D eigenvalue weighted by molar-refractivity contribution is 6.31. The van der Waals surface area contributed by atoms with Crippen molar-refractivity contribution in [3.05, 3.63) is 88.2 Å². The Morgan fingerprint density at radius 3 is 2.50 bits per heavy atom. The molecule has 2 N–H and O–H groups in total. The normalized spacial score (nSPS) is 14.9. The maximum atomic E-state index is 15.6. The number of methoxy groups -OCH3 is 1. The third-order valence-electron chi connectivity index (χ3n) is 6.56. The quantitative estimate of drug-likeness (QED) is 0.319. The van der Waals surface area contributed by atoms with Gasteiger partial charge in [-0.05, 0) is 62.4 Å². The van der Waals surface area contributed by atoms with E-state index in [9.17, 15) is 14.3 Å². The monoisotopic (exact) mass is 569 g/mol. The number of nitrogens with zero attached hydrogens (tertiary/aromatic N) is 2. The van der Waals surface area contributed by atoms with Gasteiger partial charge in [-0.25, -0.2) is 13.8 Å². The van der Waals surface area contributed by atoms with Crippen molar-refractivity contribution in [2.75, 3.05) is 26.9 Å². The highest BCUT2D eigenvalue weighted by Crippen LogP contribution is 2.37. The van der Waals surface area contributed by atoms with Crippen molar-refractivity contribution in [1.82, 2.24) is 15.3 Å². The molecule has 5 rings (SSSR count). The average Bonchev–Trinajstić information content (AvgIpc) is 3.41. The lowest BCUT2D eigenvalue weighted by atomic mass is 9.93. The summed E-state index contributed by atoms with van der Waals surface area (Å²) in [6.07, 6.45) is 1.49. The van der Waals surface area contributed by atoms with Gasteiger partial charge in [-0.1, -0.05) is 11.6 Å². The number of nitrogens with one attached hydrogen (secondary N) is 1. The third-order valence-corrected chi connectivity index (χ3v) is 6.76. The number of ether oxygens (including phenoxy) is 3. The second-order valence-electron chi connectivity index (χ2n) is 9.82. The molecule has 0 aliphatic carbocycles. The Morgan fingerprint density at radius 2 is 1.85 bits per heavy atom. The first kappa shape index (κ1) is 27.9. The zero-order valence-corrected chi connectivity index (χ0v) is 22.7. The van der Waals surface area contributed by atoms with Crippen molar-refractivity contribution in [1.29, 1.82) is 0 Å². The molecule has 1 saturated heterocycles. The molecule has 1 amide bonds. The standard InChI is InChI=1S/C29H26ClF2N3O5/c1-28(2,37)21-13-23(35-26(24(21)32)16-4-6-20(31)7-5-16)29(39-8-9-40-29)15-34-27(36)18-10-17-11-19(30)14-33-25(17)22(12-18)38-3/h4-7,10-14,37H,8-9,15H2,1-3H3,(H,34,36). The van der Waals surface area contributed by atoms with Crippen LogP contribution in [-0.2, 0) is 20.9 Å². The molecule has 8 nitrogen and oxygen atoms in total. The second-order valence-corrected chi connectivity index (χ2v) is 10.3. The Kier molecular flexibility index (Phi) is 7.45. The van der Waals surface area contributed by atoms with Crippen LogP contribution in [0, 0.1) is 11.6 Å². The first-order chi connectivity index (χ1) is 19.0. The van der Waals surface area contributed by atoms with Crippen molar-refractivity contribution in [3.8, 4) is 17.0 Å². The van der Waals surface area contributed by atoms with Crippen LogP contribution < -0.4 is 10.1 Å². The molecule has 3 heterocycles. The van der Waals surface area contributed by atoms with E-state index in [1.54, 1.807) is 18.2 Å². The zero-order valence-electron chi connectivity index (χ0n) is 21.9. The molecule has 208 valence electrons. The topological polar surface area (TPSA) is 103 Å². The number of carbonyl (C=O) groups is 1. The van der Waals surface area contributed by atoms with Gasteiger partial charge < -0.3 is 24.6 Å². The van der Waals surface area contributed by atoms with E-state index in [4.69, 9.17) is 25.8 Å². The van der Waals surface area contributed by atoms with Crippen LogP contribution in [0.2, 0.25) is 5.02 Å². The fourth-order valence-electron chi connectivity index (χ4n) is 4.54. The number of fused-ring (bicyclic) bond motifs is 1. The lowest BCUT2D eigenvalue weighted by Crippen LogP contribution is -2.42. The molecular weight excluding hydrogens is 544 g/mol. The third kappa shape index (κ3) is 5.35. The summed E-state index contributed by atoms with van der Waals surface area (Å²) >= 11 is 6.09. The van der Waals surface area contributed by atoms with Crippen LogP contribution in [0.1, 0.15) is 35.5 Å². The Hall–Kier alpha value is -3.70. The summed E-state index contributed by atoms with van der Waals surface area (Å²) in [6.45, 7) is 3.05. The molecule has 11 heteroatoms. The molecule has 1 aliphatic rings. The summed E-state index contributed by atoms with van der Waals surface area (Å²) in [6, 6.07) is 11.4. The van der Waals surface area contributed by atoms with Gasteiger partial charge in [-0.15, -0.1) is 0 Å². The van der Waals surface area contributed by atoms with Gasteiger partial charge in [-0.3, -0.25) is 9.78 Å². The molecule has 0 atom stereocenters. The molecular formula is C29H26ClF2N3O5. The summed E-state index contributed by atoms with van der Waals surface area (Å²) in [7, 11) is 1.47. The highest BCUT2D eigenvalue weighted by Gasteiger charge is 2.42. The van der Waals surface area contributed by atoms with Crippen LogP contribution in [0.4, 0.5) is 8.78 Å². The molecule has 0 saturated carbocycles. The first-order valence-electron chi connectivity index (χ1n) is 12.4. The lowest BCUT2D eigenvalue weighted by Gasteiger charge is -2.30. The molecule has 2 aromatic carbocycles. The van der Waals surface area contributed by atoms with Crippen LogP contribution in [0.5, 0.6) is 5.75 Å². The molecule has 0 bridgehead atoms. The minimum absolute atomic E-state index is 0.0646. The number of aromatic nitrogens is 2. The van der Waals surface area contributed by atoms with Crippen LogP contribution in [0.3, 0.4) is 0 Å². The van der Waals surface area contributed by atoms with Gasteiger partial charge in [0.25, 0.3) is 5.91 Å². The Labute approximate surface area is 233 Å². The molecule has 4 aromatic rings. The molecule has 1 aliphatic heterocycles. The van der Waals surface area contributed by atoms with Crippen molar-refractivity contribution >= 4 is 28.4 Å². The minimum atomic E-state index is -1.60. The first-order valence-corrected chi connectivity index (χ1v) is 12.8. The van der Waals surface area contributed by atoms with Crippen LogP contribution in [0.25, 0.3) is 22.2 Å². The minimum Gasteiger partial charge on any atom is -0.494 e. The molecule has 0 spiro atoms. The Bertz CT molecular complexity index is 1590. The molecule has 0 unspecified atom stereocenters. The summed E-state index contributed by atoms with van der Waals surface area (Å²) in [5.74, 6) is -2.92. The van der Waals surface area contributed by atoms with E-state index >= 15 is 4.39 Å². The lowest BCUT2D eigenvalue weighted by molar-refractivity contribution is -0.163. The number of amides is 1. The Morgan fingerprint density at radius 1 is 1.15 bits per heavy atom. The van der Waals surface area contributed by atoms with Crippen molar-refractivity contribution < 1.29 is 32.9 Å². The van der Waals surface area contributed by atoms with Crippen molar-refractivity contribution in [3.63, 3.8) is 0 Å². The fourth-order valence-corrected chi connectivity index (χ4v) is 4.71. The number of carbonyl (C=O) groups excluding carboxylic acids is 1. The van der Waals surface area contributed by atoms with E-state index in [-0.39, 0.29) is 42.3 Å². The van der Waals surface area contributed by atoms with Crippen LogP contribution in [0.15, 0.2) is 54.7 Å². The maximum Gasteiger partial charge on any atom is 0.251 e. The highest BCUT2D eigenvalue weighted by atomic mass is 35.5. The largest absolute Gasteiger partial charge is 0.494 e. The number of hydrogen-bond donors (Lipinski definition) is 2. The van der Waals surface area contributed by atoms with E-state index in [1.165, 1.54) is 57.5 Å². The number of pyridine rings is 2. The van der Waals surface area contributed by atoms with Crippen molar-refractivity contribution in [2.45, 2.75) is 25.2 Å². The number of hydrogen-bond acceptors (Lipinski definition) is 7. The molecule has 2 aromatic heterocycles. The molecule has 0 radical (unpaired) electrons. The van der Waals surface area contributed by atoms with Gasteiger partial charge in [0.2, 0.25) is 5.79 Å². The van der Waals surface area contributed by atoms with Gasteiger partial charge in [0.05, 0.1) is 37.5 Å². The van der Waals surface area contributed by atoms with Gasteiger partial charge in [0.1, 0.15) is 28.5 Å². The van der Waals surface area contributed by atoms with E-state index in [2.05, 4.69) is 15.3 Å². The average molecular weight is 570 g/mol. The molecule has 1 fully saturated rings. The fraction of sp³-hybridized carbons (Fsp3) is 0.276. The van der Waals surface area contributed by atoms with Gasteiger partial charge in [0, 0.05) is 28.3 Å². The van der Waals surface area contributed by atoms with E-state index in [1.807, 2.05) is 0 Å². The summed E-state index contributed by atoms with van der Waals surface area (Å²) in [4.78, 5) is 22.0. The number of halogens is 3. The van der Waals surface area contributed by atoms with Crippen LogP contribution >= 0.6 is 11.6 Å². The number of benzene rings is 2. The second kappa shape index (κ2) is 10.7. The van der Waals surface area contributed by atoms with Gasteiger partial charge in [0.15, 0.2) is 5.82 Å². The van der Waals surface area contributed by atoms with Gasteiger partial charge >= 0.3 is 0 Å². The summed E-state index contributed by atoms with van der Waals surface area (Å²) in [5.41, 5.74) is -0.540. The van der Waals surface area contributed by atoms with E-state index in [0.717, 1.165) is 0 Å². The van der Waals surface area contributed by atoms with Crippen molar-refractivity contribution in [2.24, 2.45) is 0 Å². The summed E-state index contributed by atoms with van der Waals surface area (Å²) in [5, 5.41) is 14.6. The predicted molar refractivity (Wildman–Crippen MR) is 144 cm³/mol. The predicted octanol–water partition coefficient (Wildman–Crippen LogP) is 5.09. The molecule has 40 heavy (non-hydrogen) atoms. The number of aliphatic hydroxyl groups is 1. The Balaban J connectivity index is 1.52. The van der Waals surface area contributed by atoms with E-state index in [0.29, 0.717) is 27.2 Å². The smallest absolute Gasteiger partial charge is 0.251 e. The van der Waals surface area contributed by atoms with Crippen LogP contribution in [-0.4, -0.2) is 47.8 Å². The number of rotatable bonds is 7. The SMILES string of the molecule is COc1cc(C(=O)NCC2(c3cc(C(C)(C)O)c(F)c(-c4ccc(F)cc4)n3)OCCO2)cc2cc(Cl)cnc12. The summed E-state index contributed by atoms with van der Waals surface area (Å²) < 4.78 is 46.5. The maximum absolute atomic E-state index is 15.6. The van der Waals surface area contributed by atoms with Gasteiger partial charge in [-0.2, -0.15) is 0 Å². The van der Waals surface area contributed by atoms with E-state index < -0.39 is 28.9 Å². The zero-order chi connectivity index (χ0) is 28.7.